The summed E-state index contributed by atoms with van der Waals surface area (Å²) in [5.41, 5.74) is 5.78. The van der Waals surface area contributed by atoms with Crippen molar-refractivity contribution in [2.45, 2.75) is 13.3 Å². The summed E-state index contributed by atoms with van der Waals surface area (Å²) in [6, 6.07) is 15.6. The number of benzene rings is 2. The van der Waals surface area contributed by atoms with Crippen molar-refractivity contribution in [2.75, 3.05) is 14.2 Å². The number of hydrogen-bond donors (Lipinski definition) is 0. The molecule has 0 spiro atoms. The van der Waals surface area contributed by atoms with Crippen molar-refractivity contribution in [2.24, 2.45) is 0 Å². The fraction of sp³-hybridized carbons (Fsp3) is 0.182. The molecule has 0 fully saturated rings. The largest absolute Gasteiger partial charge is 0.493 e. The number of methoxy groups -OCH3 is 2. The Labute approximate surface area is 168 Å². The van der Waals surface area contributed by atoms with Crippen LogP contribution in [0.4, 0.5) is 0 Å². The smallest absolute Gasteiger partial charge is 0.163 e. The highest BCUT2D eigenvalue weighted by molar-refractivity contribution is 6.30. The van der Waals surface area contributed by atoms with Crippen LogP contribution < -0.4 is 9.47 Å². The van der Waals surface area contributed by atoms with Gasteiger partial charge >= 0.3 is 0 Å². The summed E-state index contributed by atoms with van der Waals surface area (Å²) in [6.07, 6.45) is 2.61. The van der Waals surface area contributed by atoms with E-state index in [-0.39, 0.29) is 0 Å². The topological polar surface area (TPSA) is 48.7 Å². The third kappa shape index (κ3) is 3.08. The third-order valence-corrected chi connectivity index (χ3v) is 4.99. The average molecular weight is 394 g/mol. The Morgan fingerprint density at radius 2 is 1.64 bits per heavy atom. The Hall–Kier alpha value is -3.05. The van der Waals surface area contributed by atoms with Crippen LogP contribution in [0.25, 0.3) is 28.0 Å². The van der Waals surface area contributed by atoms with Crippen LogP contribution in [0.1, 0.15) is 12.6 Å². The van der Waals surface area contributed by atoms with Gasteiger partial charge in [0.1, 0.15) is 0 Å². The summed E-state index contributed by atoms with van der Waals surface area (Å²) < 4.78 is 12.7. The summed E-state index contributed by atoms with van der Waals surface area (Å²) in [4.78, 5) is 4.62. The van der Waals surface area contributed by atoms with E-state index in [0.717, 1.165) is 40.1 Å². The number of nitrogens with zero attached hydrogens (tertiary/aromatic N) is 3. The quantitative estimate of drug-likeness (QED) is 0.462. The molecule has 0 radical (unpaired) electrons. The number of rotatable bonds is 5. The molecule has 142 valence electrons. The molecule has 4 rings (SSSR count). The number of halogens is 1. The van der Waals surface area contributed by atoms with Gasteiger partial charge in [-0.25, -0.2) is 9.50 Å². The van der Waals surface area contributed by atoms with Crippen molar-refractivity contribution >= 4 is 17.2 Å². The van der Waals surface area contributed by atoms with E-state index in [9.17, 15) is 0 Å². The van der Waals surface area contributed by atoms with Crippen molar-refractivity contribution in [3.8, 4) is 33.9 Å². The lowest BCUT2D eigenvalue weighted by Crippen LogP contribution is -1.97. The minimum Gasteiger partial charge on any atom is -0.493 e. The first-order chi connectivity index (χ1) is 13.7. The molecule has 0 aliphatic rings. The van der Waals surface area contributed by atoms with Crippen molar-refractivity contribution in [1.82, 2.24) is 14.6 Å². The van der Waals surface area contributed by atoms with Gasteiger partial charge in [0, 0.05) is 22.3 Å². The summed E-state index contributed by atoms with van der Waals surface area (Å²) >= 11 is 6.06. The first-order valence-electron chi connectivity index (χ1n) is 9.01. The monoisotopic (exact) mass is 393 g/mol. The number of aromatic nitrogens is 3. The lowest BCUT2D eigenvalue weighted by atomic mass is 10.0. The Morgan fingerprint density at radius 1 is 0.929 bits per heavy atom. The molecular weight excluding hydrogens is 374 g/mol. The predicted molar refractivity (Wildman–Crippen MR) is 111 cm³/mol. The molecule has 0 amide bonds. The lowest BCUT2D eigenvalue weighted by molar-refractivity contribution is 0.355. The molecule has 0 atom stereocenters. The van der Waals surface area contributed by atoms with E-state index in [0.29, 0.717) is 16.5 Å². The average Bonchev–Trinajstić information content (AvgIpc) is 3.12. The lowest BCUT2D eigenvalue weighted by Gasteiger charge is -2.10. The number of ether oxygens (including phenoxy) is 2. The highest BCUT2D eigenvalue weighted by Crippen LogP contribution is 2.34. The zero-order chi connectivity index (χ0) is 19.7. The van der Waals surface area contributed by atoms with Gasteiger partial charge in [0.15, 0.2) is 17.1 Å². The van der Waals surface area contributed by atoms with E-state index in [4.69, 9.17) is 26.2 Å². The van der Waals surface area contributed by atoms with Gasteiger partial charge in [-0.05, 0) is 48.4 Å². The van der Waals surface area contributed by atoms with Gasteiger partial charge in [-0.3, -0.25) is 0 Å². The van der Waals surface area contributed by atoms with Crippen LogP contribution in [0.2, 0.25) is 5.02 Å². The normalized spacial score (nSPS) is 11.0. The highest BCUT2D eigenvalue weighted by Gasteiger charge is 2.18. The minimum absolute atomic E-state index is 0.672. The molecule has 5 nitrogen and oxygen atoms in total. The van der Waals surface area contributed by atoms with E-state index in [1.807, 2.05) is 59.2 Å². The first-order valence-corrected chi connectivity index (χ1v) is 9.39. The van der Waals surface area contributed by atoms with Crippen molar-refractivity contribution < 1.29 is 9.47 Å². The van der Waals surface area contributed by atoms with E-state index in [1.54, 1.807) is 14.2 Å². The third-order valence-electron chi connectivity index (χ3n) is 4.74. The maximum absolute atomic E-state index is 6.06. The van der Waals surface area contributed by atoms with Gasteiger partial charge < -0.3 is 9.47 Å². The van der Waals surface area contributed by atoms with Gasteiger partial charge in [0.05, 0.1) is 25.6 Å². The first kappa shape index (κ1) is 18.3. The second kappa shape index (κ2) is 7.52. The fourth-order valence-electron chi connectivity index (χ4n) is 3.36. The minimum atomic E-state index is 0.672. The molecule has 28 heavy (non-hydrogen) atoms. The Balaban J connectivity index is 1.94. The van der Waals surface area contributed by atoms with Crippen LogP contribution in [0, 0.1) is 0 Å². The molecule has 0 unspecified atom stereocenters. The molecule has 4 aromatic rings. The van der Waals surface area contributed by atoms with E-state index in [2.05, 4.69) is 11.9 Å². The van der Waals surface area contributed by atoms with Gasteiger partial charge in [-0.2, -0.15) is 5.10 Å². The summed E-state index contributed by atoms with van der Waals surface area (Å²) in [7, 11) is 3.26. The van der Waals surface area contributed by atoms with Crippen LogP contribution in [-0.2, 0) is 6.42 Å². The molecule has 0 aliphatic heterocycles. The molecule has 0 saturated heterocycles. The van der Waals surface area contributed by atoms with Gasteiger partial charge in [0.25, 0.3) is 0 Å². The summed E-state index contributed by atoms with van der Waals surface area (Å²) in [5.74, 6) is 1.36. The van der Waals surface area contributed by atoms with Crippen LogP contribution >= 0.6 is 11.6 Å². The fourth-order valence-corrected chi connectivity index (χ4v) is 3.49. The maximum atomic E-state index is 6.06. The molecule has 2 aromatic carbocycles. The van der Waals surface area contributed by atoms with Crippen LogP contribution in [-0.4, -0.2) is 28.8 Å². The Kier molecular flexibility index (Phi) is 4.92. The van der Waals surface area contributed by atoms with E-state index in [1.165, 1.54) is 0 Å². The molecule has 0 bridgehead atoms. The zero-order valence-electron chi connectivity index (χ0n) is 15.9. The van der Waals surface area contributed by atoms with Gasteiger partial charge in [0.2, 0.25) is 0 Å². The molecular formula is C22H20ClN3O2. The number of hydrogen-bond acceptors (Lipinski definition) is 4. The van der Waals surface area contributed by atoms with Crippen LogP contribution in [0.5, 0.6) is 11.5 Å². The molecule has 0 saturated carbocycles. The zero-order valence-corrected chi connectivity index (χ0v) is 16.7. The number of aryl methyl sites for hydroxylation is 1. The van der Waals surface area contributed by atoms with Crippen molar-refractivity contribution in [1.29, 1.82) is 0 Å². The van der Waals surface area contributed by atoms with E-state index < -0.39 is 0 Å². The predicted octanol–water partition coefficient (Wildman–Crippen LogP) is 5.30. The maximum Gasteiger partial charge on any atom is 0.163 e. The van der Waals surface area contributed by atoms with Crippen LogP contribution in [0.15, 0.2) is 54.7 Å². The van der Waals surface area contributed by atoms with Gasteiger partial charge in [-0.15, -0.1) is 0 Å². The van der Waals surface area contributed by atoms with Crippen molar-refractivity contribution in [3.63, 3.8) is 0 Å². The van der Waals surface area contributed by atoms with Crippen LogP contribution in [0.3, 0.4) is 0 Å². The molecule has 2 heterocycles. The van der Waals surface area contributed by atoms with E-state index >= 15 is 0 Å². The highest BCUT2D eigenvalue weighted by atomic mass is 35.5. The standard InChI is InChI=1S/C22H20ClN3O2/c1-4-17-21(14-5-8-16(23)9-6-14)22-24-12-11-18(26(22)25-17)15-7-10-19(27-2)20(13-15)28-3/h5-13H,4H2,1-3H3. The van der Waals surface area contributed by atoms with Gasteiger partial charge in [-0.1, -0.05) is 30.7 Å². The Morgan fingerprint density at radius 3 is 2.32 bits per heavy atom. The molecule has 6 heteroatoms. The second-order valence-corrected chi connectivity index (χ2v) is 6.75. The second-order valence-electron chi connectivity index (χ2n) is 6.32. The molecule has 2 aromatic heterocycles. The molecule has 0 N–H and O–H groups in total. The number of fused-ring (bicyclic) bond motifs is 1. The summed E-state index contributed by atoms with van der Waals surface area (Å²) in [5, 5.41) is 5.56. The Bertz CT molecular complexity index is 1140. The molecule has 0 aliphatic carbocycles. The van der Waals surface area contributed by atoms with Crippen molar-refractivity contribution in [3.05, 3.63) is 65.4 Å². The SMILES string of the molecule is CCc1nn2c(-c3ccc(OC)c(OC)c3)ccnc2c1-c1ccc(Cl)cc1. The summed E-state index contributed by atoms with van der Waals surface area (Å²) in [6.45, 7) is 2.09.